The Hall–Kier alpha value is -2.99. The summed E-state index contributed by atoms with van der Waals surface area (Å²) in [5, 5.41) is 0. The maximum Gasteiger partial charge on any atom is 0.264 e. The van der Waals surface area contributed by atoms with Crippen LogP contribution in [0.4, 0.5) is 11.4 Å². The van der Waals surface area contributed by atoms with Gasteiger partial charge in [0.15, 0.2) is 0 Å². The van der Waals surface area contributed by atoms with Crippen molar-refractivity contribution in [3.05, 3.63) is 84.9 Å². The minimum absolute atomic E-state index is 0.0977. The normalized spacial score (nSPS) is 15.0. The number of hydrogen-bond donors (Lipinski definition) is 0. The van der Waals surface area contributed by atoms with Gasteiger partial charge in [0, 0.05) is 24.8 Å². The molecule has 6 heteroatoms. The van der Waals surface area contributed by atoms with Crippen LogP contribution in [0.15, 0.2) is 89.8 Å². The molecular weight excluding hydrogens is 396 g/mol. The van der Waals surface area contributed by atoms with E-state index in [1.165, 1.54) is 5.69 Å². The summed E-state index contributed by atoms with van der Waals surface area (Å²) in [5.41, 5.74) is 1.88. The number of methoxy groups -OCH3 is 1. The maximum absolute atomic E-state index is 13.7. The van der Waals surface area contributed by atoms with Crippen LogP contribution in [0.5, 0.6) is 5.75 Å². The third-order valence-corrected chi connectivity index (χ3v) is 7.44. The van der Waals surface area contributed by atoms with Crippen molar-refractivity contribution in [1.82, 2.24) is 0 Å². The Morgan fingerprint density at radius 3 is 1.97 bits per heavy atom. The minimum Gasteiger partial charge on any atom is -0.497 e. The number of benzene rings is 3. The lowest BCUT2D eigenvalue weighted by Crippen LogP contribution is -2.47. The molecule has 1 saturated heterocycles. The van der Waals surface area contributed by atoms with Crippen LogP contribution < -0.4 is 13.9 Å². The predicted molar refractivity (Wildman–Crippen MR) is 121 cm³/mol. The molecule has 0 bridgehead atoms. The molecule has 4 rings (SSSR count). The van der Waals surface area contributed by atoms with Crippen molar-refractivity contribution in [2.24, 2.45) is 0 Å². The highest BCUT2D eigenvalue weighted by molar-refractivity contribution is 7.92. The number of nitrogens with zero attached hydrogens (tertiary/aromatic N) is 2. The van der Waals surface area contributed by atoms with Gasteiger partial charge in [0.1, 0.15) is 5.75 Å². The Labute approximate surface area is 178 Å². The van der Waals surface area contributed by atoms with E-state index in [4.69, 9.17) is 4.74 Å². The molecular formula is C24H26N2O3S. The molecule has 0 atom stereocenters. The Bertz CT molecular complexity index is 1050. The highest BCUT2D eigenvalue weighted by atomic mass is 32.2. The van der Waals surface area contributed by atoms with E-state index in [-0.39, 0.29) is 10.9 Å². The number of para-hydroxylation sites is 2. The molecule has 3 aromatic carbocycles. The van der Waals surface area contributed by atoms with Crippen LogP contribution in [0, 0.1) is 0 Å². The Balaban J connectivity index is 1.62. The predicted octanol–water partition coefficient (Wildman–Crippen LogP) is 4.56. The first kappa shape index (κ1) is 20.3. The second-order valence-electron chi connectivity index (χ2n) is 7.37. The van der Waals surface area contributed by atoms with E-state index in [0.717, 1.165) is 25.9 Å². The van der Waals surface area contributed by atoms with Gasteiger partial charge in [0.05, 0.1) is 17.7 Å². The second kappa shape index (κ2) is 8.79. The quantitative estimate of drug-likeness (QED) is 0.584. The summed E-state index contributed by atoms with van der Waals surface area (Å²) in [5.74, 6) is 0.636. The lowest BCUT2D eigenvalue weighted by molar-refractivity contribution is 0.414. The number of hydrogen-bond acceptors (Lipinski definition) is 4. The molecule has 1 aliphatic rings. The van der Waals surface area contributed by atoms with Crippen LogP contribution in [0.1, 0.15) is 12.8 Å². The zero-order valence-corrected chi connectivity index (χ0v) is 17.8. The third-order valence-electron chi connectivity index (χ3n) is 5.54. The fraction of sp³-hybridized carbons (Fsp3) is 0.250. The van der Waals surface area contributed by atoms with Crippen molar-refractivity contribution in [3.8, 4) is 5.75 Å². The highest BCUT2D eigenvalue weighted by Gasteiger charge is 2.34. The van der Waals surface area contributed by atoms with Crippen molar-refractivity contribution in [3.63, 3.8) is 0 Å². The average molecular weight is 423 g/mol. The van der Waals surface area contributed by atoms with Crippen LogP contribution in [0.25, 0.3) is 0 Å². The summed E-state index contributed by atoms with van der Waals surface area (Å²) in [6.07, 6.45) is 1.53. The minimum atomic E-state index is -3.70. The molecule has 0 unspecified atom stereocenters. The first-order valence-corrected chi connectivity index (χ1v) is 11.6. The van der Waals surface area contributed by atoms with E-state index in [1.807, 2.05) is 48.5 Å². The van der Waals surface area contributed by atoms with Crippen molar-refractivity contribution in [1.29, 1.82) is 0 Å². The number of anilines is 2. The van der Waals surface area contributed by atoms with Crippen LogP contribution in [0.2, 0.25) is 0 Å². The zero-order valence-electron chi connectivity index (χ0n) is 17.0. The molecule has 1 heterocycles. The van der Waals surface area contributed by atoms with Gasteiger partial charge in [-0.25, -0.2) is 8.42 Å². The molecule has 1 fully saturated rings. The maximum atomic E-state index is 13.7. The molecule has 5 nitrogen and oxygen atoms in total. The molecule has 0 N–H and O–H groups in total. The topological polar surface area (TPSA) is 49.9 Å². The zero-order chi connectivity index (χ0) is 21.0. The SMILES string of the molecule is COc1ccc(S(=O)(=O)N(c2ccccc2)C2CCN(c3ccccc3)CC2)cc1. The summed E-state index contributed by atoms with van der Waals surface area (Å²) in [4.78, 5) is 2.59. The molecule has 156 valence electrons. The molecule has 3 aromatic rings. The van der Waals surface area contributed by atoms with Gasteiger partial charge < -0.3 is 9.64 Å². The van der Waals surface area contributed by atoms with Crippen molar-refractivity contribution >= 4 is 21.4 Å². The lowest BCUT2D eigenvalue weighted by Gasteiger charge is -2.39. The summed E-state index contributed by atoms with van der Waals surface area (Å²) in [6, 6.07) is 26.2. The van der Waals surface area contributed by atoms with Gasteiger partial charge in [-0.05, 0) is 61.4 Å². The number of piperidine rings is 1. The van der Waals surface area contributed by atoms with Crippen LogP contribution in [-0.2, 0) is 10.0 Å². The van der Waals surface area contributed by atoms with E-state index in [0.29, 0.717) is 11.4 Å². The van der Waals surface area contributed by atoms with Gasteiger partial charge in [0.25, 0.3) is 10.0 Å². The van der Waals surface area contributed by atoms with Gasteiger partial charge in [0.2, 0.25) is 0 Å². The van der Waals surface area contributed by atoms with E-state index < -0.39 is 10.0 Å². The number of ether oxygens (including phenoxy) is 1. The molecule has 0 saturated carbocycles. The fourth-order valence-electron chi connectivity index (χ4n) is 3.98. The lowest BCUT2D eigenvalue weighted by atomic mass is 10.0. The van der Waals surface area contributed by atoms with Gasteiger partial charge in [-0.3, -0.25) is 4.31 Å². The van der Waals surface area contributed by atoms with Crippen molar-refractivity contribution in [2.45, 2.75) is 23.8 Å². The van der Waals surface area contributed by atoms with Crippen LogP contribution in [-0.4, -0.2) is 34.7 Å². The summed E-state index contributed by atoms with van der Waals surface area (Å²) in [6.45, 7) is 1.63. The molecule has 0 radical (unpaired) electrons. The Morgan fingerprint density at radius 1 is 0.833 bits per heavy atom. The average Bonchev–Trinajstić information content (AvgIpc) is 2.81. The largest absolute Gasteiger partial charge is 0.497 e. The summed E-state index contributed by atoms with van der Waals surface area (Å²) < 4.78 is 34.1. The van der Waals surface area contributed by atoms with Crippen molar-refractivity contribution < 1.29 is 13.2 Å². The van der Waals surface area contributed by atoms with E-state index in [2.05, 4.69) is 17.0 Å². The Kier molecular flexibility index (Phi) is 5.95. The number of sulfonamides is 1. The van der Waals surface area contributed by atoms with E-state index >= 15 is 0 Å². The van der Waals surface area contributed by atoms with Crippen LogP contribution in [0.3, 0.4) is 0 Å². The summed E-state index contributed by atoms with van der Waals surface area (Å²) >= 11 is 0. The Morgan fingerprint density at radius 2 is 1.40 bits per heavy atom. The first-order chi connectivity index (χ1) is 14.6. The van der Waals surface area contributed by atoms with E-state index in [9.17, 15) is 8.42 Å². The monoisotopic (exact) mass is 422 g/mol. The molecule has 0 spiro atoms. The van der Waals surface area contributed by atoms with Gasteiger partial charge in [-0.2, -0.15) is 0 Å². The summed E-state index contributed by atoms with van der Waals surface area (Å²) in [7, 11) is -2.13. The molecule has 0 aliphatic carbocycles. The second-order valence-corrected chi connectivity index (χ2v) is 9.18. The van der Waals surface area contributed by atoms with E-state index in [1.54, 1.807) is 35.7 Å². The number of rotatable bonds is 6. The molecule has 1 aliphatic heterocycles. The highest BCUT2D eigenvalue weighted by Crippen LogP contribution is 2.32. The molecule has 0 amide bonds. The smallest absolute Gasteiger partial charge is 0.264 e. The van der Waals surface area contributed by atoms with Crippen molar-refractivity contribution in [2.75, 3.05) is 29.4 Å². The van der Waals surface area contributed by atoms with Gasteiger partial charge >= 0.3 is 0 Å². The molecule has 0 aromatic heterocycles. The first-order valence-electron chi connectivity index (χ1n) is 10.1. The fourth-order valence-corrected chi connectivity index (χ4v) is 5.69. The van der Waals surface area contributed by atoms with Gasteiger partial charge in [-0.15, -0.1) is 0 Å². The third kappa shape index (κ3) is 4.14. The van der Waals surface area contributed by atoms with Gasteiger partial charge in [-0.1, -0.05) is 36.4 Å². The van der Waals surface area contributed by atoms with Crippen LogP contribution >= 0.6 is 0 Å². The molecule has 30 heavy (non-hydrogen) atoms. The standard InChI is InChI=1S/C24H26N2O3S/c1-29-23-12-14-24(15-13-23)30(27,28)26(21-10-6-3-7-11-21)22-16-18-25(19-17-22)20-8-4-2-5-9-20/h2-15,22H,16-19H2,1H3.